The number of rotatable bonds is 4. The topological polar surface area (TPSA) is 71.2 Å². The van der Waals surface area contributed by atoms with Crippen molar-refractivity contribution in [2.24, 2.45) is 0 Å². The summed E-state index contributed by atoms with van der Waals surface area (Å²) in [6.07, 6.45) is 0. The molecule has 20 heavy (non-hydrogen) atoms. The number of carbonyl (C=O) groups is 2. The summed E-state index contributed by atoms with van der Waals surface area (Å²) < 4.78 is 5.00. The van der Waals surface area contributed by atoms with Crippen molar-refractivity contribution in [1.82, 2.24) is 4.98 Å². The molecule has 0 saturated carbocycles. The number of hydrogen-bond acceptors (Lipinski definition) is 4. The van der Waals surface area contributed by atoms with Crippen LogP contribution in [0.5, 0.6) is 0 Å². The number of amides is 1. The van der Waals surface area contributed by atoms with Crippen LogP contribution in [0.3, 0.4) is 0 Å². The average molecular weight is 292 g/mol. The number of nitrogens with one attached hydrogen (secondary N) is 2. The summed E-state index contributed by atoms with van der Waals surface area (Å²) in [6, 6.07) is 1.82. The van der Waals surface area contributed by atoms with Gasteiger partial charge in [-0.05, 0) is 37.8 Å². The summed E-state index contributed by atoms with van der Waals surface area (Å²) in [5.41, 5.74) is 2.80. The fraction of sp³-hybridized carbons (Fsp3) is 0.286. The third kappa shape index (κ3) is 2.75. The van der Waals surface area contributed by atoms with E-state index in [1.54, 1.807) is 20.8 Å². The molecule has 6 heteroatoms. The second kappa shape index (κ2) is 5.92. The van der Waals surface area contributed by atoms with Crippen molar-refractivity contribution >= 4 is 28.9 Å². The monoisotopic (exact) mass is 292 g/mol. The minimum absolute atomic E-state index is 0.264. The summed E-state index contributed by atoms with van der Waals surface area (Å²) in [5, 5.41) is 6.50. The van der Waals surface area contributed by atoms with Crippen molar-refractivity contribution in [3.8, 4) is 0 Å². The van der Waals surface area contributed by atoms with Crippen LogP contribution in [0.2, 0.25) is 0 Å². The van der Waals surface area contributed by atoms with Crippen molar-refractivity contribution < 1.29 is 14.3 Å². The largest absolute Gasteiger partial charge is 0.462 e. The highest BCUT2D eigenvalue weighted by Gasteiger charge is 2.22. The first-order valence-corrected chi connectivity index (χ1v) is 7.18. The number of aromatic nitrogens is 1. The van der Waals surface area contributed by atoms with Crippen molar-refractivity contribution in [2.45, 2.75) is 20.8 Å². The van der Waals surface area contributed by atoms with E-state index in [9.17, 15) is 9.59 Å². The van der Waals surface area contributed by atoms with E-state index in [1.807, 2.05) is 16.8 Å². The fourth-order valence-electron chi connectivity index (χ4n) is 2.02. The normalized spacial score (nSPS) is 10.3. The van der Waals surface area contributed by atoms with E-state index in [0.29, 0.717) is 29.1 Å². The number of H-pyrrole nitrogens is 1. The van der Waals surface area contributed by atoms with E-state index in [-0.39, 0.29) is 5.91 Å². The lowest BCUT2D eigenvalue weighted by atomic mass is 10.1. The van der Waals surface area contributed by atoms with Crippen molar-refractivity contribution in [1.29, 1.82) is 0 Å². The Kier molecular flexibility index (Phi) is 4.24. The van der Waals surface area contributed by atoms with Gasteiger partial charge in [-0.2, -0.15) is 11.3 Å². The number of esters is 1. The molecule has 2 heterocycles. The van der Waals surface area contributed by atoms with Crippen molar-refractivity contribution in [3.63, 3.8) is 0 Å². The number of hydrogen-bond donors (Lipinski definition) is 2. The summed E-state index contributed by atoms with van der Waals surface area (Å²) in [5.74, 6) is -0.673. The van der Waals surface area contributed by atoms with E-state index < -0.39 is 5.97 Å². The SMILES string of the molecule is CCOC(=O)c1c(C)[nH]c(C(=O)Nc2ccsc2)c1C. The third-order valence-electron chi connectivity index (χ3n) is 2.92. The molecule has 2 aromatic rings. The molecule has 0 aliphatic carbocycles. The van der Waals surface area contributed by atoms with Gasteiger partial charge in [0.2, 0.25) is 0 Å². The lowest BCUT2D eigenvalue weighted by Gasteiger charge is -2.03. The molecule has 5 nitrogen and oxygen atoms in total. The molecule has 0 atom stereocenters. The summed E-state index contributed by atoms with van der Waals surface area (Å²) in [6.45, 7) is 5.54. The quantitative estimate of drug-likeness (QED) is 0.850. The van der Waals surface area contributed by atoms with Crippen LogP contribution in [-0.4, -0.2) is 23.5 Å². The maximum Gasteiger partial charge on any atom is 0.340 e. The Morgan fingerprint density at radius 2 is 2.15 bits per heavy atom. The lowest BCUT2D eigenvalue weighted by molar-refractivity contribution is 0.0525. The lowest BCUT2D eigenvalue weighted by Crippen LogP contribution is -2.13. The molecule has 2 rings (SSSR count). The van der Waals surface area contributed by atoms with E-state index in [2.05, 4.69) is 10.3 Å². The van der Waals surface area contributed by atoms with Gasteiger partial charge < -0.3 is 15.0 Å². The molecule has 106 valence electrons. The van der Waals surface area contributed by atoms with Gasteiger partial charge >= 0.3 is 5.97 Å². The first-order chi connectivity index (χ1) is 9.54. The highest BCUT2D eigenvalue weighted by molar-refractivity contribution is 7.08. The van der Waals surface area contributed by atoms with Crippen LogP contribution in [0.15, 0.2) is 16.8 Å². The molecule has 2 aromatic heterocycles. The Bertz CT molecular complexity index is 629. The van der Waals surface area contributed by atoms with Gasteiger partial charge in [0, 0.05) is 11.1 Å². The van der Waals surface area contributed by atoms with Gasteiger partial charge in [0.05, 0.1) is 17.9 Å². The Morgan fingerprint density at radius 1 is 1.40 bits per heavy atom. The molecular formula is C14H16N2O3S. The Balaban J connectivity index is 2.27. The summed E-state index contributed by atoms with van der Waals surface area (Å²) in [4.78, 5) is 27.0. The van der Waals surface area contributed by atoms with Crippen LogP contribution in [-0.2, 0) is 4.74 Å². The molecule has 0 bridgehead atoms. The van der Waals surface area contributed by atoms with Crippen LogP contribution in [0.4, 0.5) is 5.69 Å². The molecule has 0 radical (unpaired) electrons. The van der Waals surface area contributed by atoms with Gasteiger partial charge in [-0.15, -0.1) is 0 Å². The van der Waals surface area contributed by atoms with Gasteiger partial charge in [0.1, 0.15) is 5.69 Å². The number of carbonyl (C=O) groups excluding carboxylic acids is 2. The van der Waals surface area contributed by atoms with Crippen LogP contribution in [0, 0.1) is 13.8 Å². The number of ether oxygens (including phenoxy) is 1. The first kappa shape index (κ1) is 14.3. The van der Waals surface area contributed by atoms with Crippen molar-refractivity contribution in [2.75, 3.05) is 11.9 Å². The molecule has 0 saturated heterocycles. The smallest absolute Gasteiger partial charge is 0.340 e. The number of aryl methyl sites for hydroxylation is 1. The summed E-state index contributed by atoms with van der Waals surface area (Å²) in [7, 11) is 0. The van der Waals surface area contributed by atoms with Gasteiger partial charge in [-0.25, -0.2) is 4.79 Å². The van der Waals surface area contributed by atoms with Gasteiger partial charge in [0.15, 0.2) is 0 Å². The van der Waals surface area contributed by atoms with E-state index >= 15 is 0 Å². The van der Waals surface area contributed by atoms with Crippen LogP contribution >= 0.6 is 11.3 Å². The van der Waals surface area contributed by atoms with Crippen LogP contribution < -0.4 is 5.32 Å². The average Bonchev–Trinajstić information content (AvgIpc) is 2.98. The number of thiophene rings is 1. The standard InChI is InChI=1S/C14H16N2O3S/c1-4-19-14(18)11-8(2)12(15-9(11)3)13(17)16-10-5-6-20-7-10/h5-7,15H,4H2,1-3H3,(H,16,17). The third-order valence-corrected chi connectivity index (χ3v) is 3.61. The fourth-order valence-corrected chi connectivity index (χ4v) is 2.60. The van der Waals surface area contributed by atoms with Gasteiger partial charge in [-0.1, -0.05) is 0 Å². The molecular weight excluding hydrogens is 276 g/mol. The zero-order valence-electron chi connectivity index (χ0n) is 11.6. The zero-order valence-corrected chi connectivity index (χ0v) is 12.4. The Hall–Kier alpha value is -2.08. The van der Waals surface area contributed by atoms with E-state index in [4.69, 9.17) is 4.74 Å². The molecule has 0 aliphatic heterocycles. The maximum absolute atomic E-state index is 12.2. The predicted molar refractivity (Wildman–Crippen MR) is 78.5 cm³/mol. The molecule has 2 N–H and O–H groups in total. The highest BCUT2D eigenvalue weighted by atomic mass is 32.1. The van der Waals surface area contributed by atoms with Crippen LogP contribution in [0.1, 0.15) is 39.0 Å². The molecule has 0 aliphatic rings. The molecule has 0 spiro atoms. The minimum Gasteiger partial charge on any atom is -0.462 e. The predicted octanol–water partition coefficient (Wildman–Crippen LogP) is 3.12. The molecule has 1 amide bonds. The maximum atomic E-state index is 12.2. The van der Waals surface area contributed by atoms with E-state index in [1.165, 1.54) is 11.3 Å². The molecule has 0 unspecified atom stereocenters. The Morgan fingerprint density at radius 3 is 2.75 bits per heavy atom. The number of anilines is 1. The van der Waals surface area contributed by atoms with Crippen LogP contribution in [0.25, 0.3) is 0 Å². The zero-order chi connectivity index (χ0) is 14.7. The van der Waals surface area contributed by atoms with Gasteiger partial charge in [0.25, 0.3) is 5.91 Å². The first-order valence-electron chi connectivity index (χ1n) is 6.24. The van der Waals surface area contributed by atoms with Gasteiger partial charge in [-0.3, -0.25) is 4.79 Å². The van der Waals surface area contributed by atoms with E-state index in [0.717, 1.165) is 5.69 Å². The number of aromatic amines is 1. The molecule has 0 fully saturated rings. The highest BCUT2D eigenvalue weighted by Crippen LogP contribution is 2.21. The molecule has 0 aromatic carbocycles. The Labute approximate surface area is 121 Å². The second-order valence-electron chi connectivity index (χ2n) is 4.31. The second-order valence-corrected chi connectivity index (χ2v) is 5.09. The minimum atomic E-state index is -0.409. The van der Waals surface area contributed by atoms with Crippen molar-refractivity contribution in [3.05, 3.63) is 39.3 Å². The summed E-state index contributed by atoms with van der Waals surface area (Å²) >= 11 is 1.50.